The number of hydrogen-bond acceptors (Lipinski definition) is 14. The van der Waals surface area contributed by atoms with Crippen molar-refractivity contribution in [1.82, 2.24) is 0 Å². The van der Waals surface area contributed by atoms with E-state index in [4.69, 9.17) is 110 Å². The molecule has 28 heteroatoms. The van der Waals surface area contributed by atoms with Crippen LogP contribution in [0.25, 0.3) is 0 Å². The third-order valence-electron chi connectivity index (χ3n) is 10.8. The van der Waals surface area contributed by atoms with E-state index in [9.17, 15) is 46.6 Å². The number of carbonyl (C=O) groups is 1. The smallest absolute Gasteiger partial charge is 0.490 e. The van der Waals surface area contributed by atoms with Gasteiger partial charge in [-0.2, -0.15) is 26.3 Å². The van der Waals surface area contributed by atoms with Crippen molar-refractivity contribution in [2.24, 2.45) is 4.99 Å². The van der Waals surface area contributed by atoms with Crippen LogP contribution in [0.3, 0.4) is 0 Å². The molecule has 0 bridgehead atoms. The second-order valence-electron chi connectivity index (χ2n) is 17.6. The molecular weight excluding hydrogens is 1230 g/mol. The number of aromatic hydroxyl groups is 1. The molecule has 0 radical (unpaired) electrons. The molecule has 0 amide bonds. The van der Waals surface area contributed by atoms with Crippen molar-refractivity contribution in [2.75, 3.05) is 22.9 Å². The molecule has 0 spiro atoms. The van der Waals surface area contributed by atoms with E-state index in [1.54, 1.807) is 48.5 Å². The molecule has 0 fully saturated rings. The lowest BCUT2D eigenvalue weighted by Gasteiger charge is -2.10. The lowest BCUT2D eigenvalue weighted by molar-refractivity contribution is -0.384. The van der Waals surface area contributed by atoms with Gasteiger partial charge in [0.15, 0.2) is 0 Å². The molecule has 17 nitrogen and oxygen atoms in total. The first-order valence-corrected chi connectivity index (χ1v) is 25.7. The zero-order valence-corrected chi connectivity index (χ0v) is 48.3. The van der Waals surface area contributed by atoms with Crippen molar-refractivity contribution < 1.29 is 65.4 Å². The number of benzene rings is 8. The van der Waals surface area contributed by atoms with E-state index >= 15 is 0 Å². The predicted molar refractivity (Wildman–Crippen MR) is 319 cm³/mol. The topological polar surface area (TPSA) is 288 Å². The molecule has 8 aromatic rings. The molecule has 448 valence electrons. The van der Waals surface area contributed by atoms with E-state index < -0.39 is 33.9 Å². The number of ether oxygens (including phenoxy) is 3. The van der Waals surface area contributed by atoms with Gasteiger partial charge in [0.1, 0.15) is 57.3 Å². The average Bonchev–Trinajstić information content (AvgIpc) is 2.69. The molecule has 0 aromatic heterocycles. The Morgan fingerprint density at radius 1 is 0.506 bits per heavy atom. The van der Waals surface area contributed by atoms with E-state index in [1.807, 2.05) is 88.4 Å². The van der Waals surface area contributed by atoms with Crippen molar-refractivity contribution in [3.8, 4) is 40.2 Å². The molecule has 85 heavy (non-hydrogen) atoms. The minimum absolute atomic E-state index is 0.00870. The summed E-state index contributed by atoms with van der Waals surface area (Å²) in [5.41, 5.74) is 27.1. The average molecular weight is 1280 g/mol. The van der Waals surface area contributed by atoms with E-state index in [1.165, 1.54) is 41.5 Å². The molecule has 0 unspecified atom stereocenters. The maximum Gasteiger partial charge on any atom is 0.490 e. The van der Waals surface area contributed by atoms with Gasteiger partial charge in [0.05, 0.1) is 52.0 Å². The van der Waals surface area contributed by atoms with E-state index in [0.717, 1.165) is 17.2 Å². The zero-order chi connectivity index (χ0) is 63.7. The number of fused-ring (bicyclic) bond motifs is 1. The van der Waals surface area contributed by atoms with E-state index in [-0.39, 0.29) is 60.7 Å². The number of aliphatic carboxylic acids is 1. The van der Waals surface area contributed by atoms with Crippen LogP contribution in [0.2, 0.25) is 25.1 Å². The largest absolute Gasteiger partial charge is 0.508 e. The van der Waals surface area contributed by atoms with Gasteiger partial charge in [0, 0.05) is 30.7 Å². The third-order valence-corrected chi connectivity index (χ3v) is 12.4. The molecule has 0 saturated heterocycles. The minimum Gasteiger partial charge on any atom is -0.508 e. The number of nitro groups is 2. The highest BCUT2D eigenvalue weighted by Gasteiger charge is 2.39. The van der Waals surface area contributed by atoms with Crippen molar-refractivity contribution in [1.29, 1.82) is 0 Å². The Kier molecular flexibility index (Phi) is 24.7. The van der Waals surface area contributed by atoms with E-state index in [2.05, 4.69) is 4.99 Å². The maximum absolute atomic E-state index is 12.7. The number of nitrogens with two attached hydrogens (primary N) is 4. The summed E-state index contributed by atoms with van der Waals surface area (Å²) in [6.07, 6.45) is -9.77. The number of aryl methyl sites for hydroxylation is 4. The first-order valence-electron chi connectivity index (χ1n) is 23.8. The number of phenols is 1. The highest BCUT2D eigenvalue weighted by Crippen LogP contribution is 2.42. The quantitative estimate of drug-likeness (QED) is 0.0357. The normalized spacial score (nSPS) is 11.1. The summed E-state index contributed by atoms with van der Waals surface area (Å²) in [6.45, 7) is 7.90. The standard InChI is InChI=1S/C16H11ClF3NO.C13H11ClN2O3.C13H13ClN2O.C7H8O.C6H4Cl2N2O2.C2HF3O2/c1-9-2-4-11(5-3-9)22-14-6-10-7-15(16(18,19)20)21-13(10)8-12(14)17;1-8-2-4-9(5-3-8)19-13-7-11(15)12(16(17)18)6-10(13)14;1-8-2-4-9(5-3-8)17-13-7-12(16)11(15)6-10(13)14;1-6-2-4-7(8)5-3-6;7-3-1-5(9)6(10(11)12)2-4(3)8;3-2(4,5)1(6)7/h2-6,8H,7H2,1H3;2-7H,15H2,1H3;2-7H,15-16H2,1H3;2-5,8H,1H3;1-2H,9H2;(H,6,7). The molecule has 10 N–H and O–H groups in total. The van der Waals surface area contributed by atoms with Crippen molar-refractivity contribution in [3.05, 3.63) is 219 Å². The Hall–Kier alpha value is -8.87. The number of nitrogens with zero attached hydrogens (tertiary/aromatic N) is 3. The fraction of sp³-hybridized carbons (Fsp3) is 0.123. The van der Waals surface area contributed by atoms with Crippen LogP contribution in [-0.2, 0) is 11.2 Å². The first-order chi connectivity index (χ1) is 39.6. The van der Waals surface area contributed by atoms with Crippen LogP contribution in [0.5, 0.6) is 40.2 Å². The molecule has 1 heterocycles. The second kappa shape index (κ2) is 30.6. The Labute approximate surface area is 505 Å². The van der Waals surface area contributed by atoms with Crippen LogP contribution in [0, 0.1) is 47.9 Å². The van der Waals surface area contributed by atoms with Crippen molar-refractivity contribution in [2.45, 2.75) is 46.5 Å². The molecular formula is C57H48Cl5F6N7O10. The summed E-state index contributed by atoms with van der Waals surface area (Å²) in [6, 6.07) is 40.4. The molecule has 0 atom stereocenters. The number of nitro benzene ring substituents is 2. The predicted octanol–water partition coefficient (Wildman–Crippen LogP) is 18.0. The fourth-order valence-electron chi connectivity index (χ4n) is 6.35. The Morgan fingerprint density at radius 2 is 0.812 bits per heavy atom. The second-order valence-corrected chi connectivity index (χ2v) is 19.7. The first kappa shape index (κ1) is 68.6. The van der Waals surface area contributed by atoms with Crippen LogP contribution < -0.4 is 37.1 Å². The molecule has 1 aliphatic heterocycles. The highest BCUT2D eigenvalue weighted by atomic mass is 35.5. The number of carboxylic acids is 1. The number of halogens is 11. The molecule has 0 saturated carbocycles. The van der Waals surface area contributed by atoms with Gasteiger partial charge >= 0.3 is 18.3 Å². The van der Waals surface area contributed by atoms with Gasteiger partial charge < -0.3 is 47.4 Å². The zero-order valence-electron chi connectivity index (χ0n) is 44.5. The Bertz CT molecular complexity index is 3660. The van der Waals surface area contributed by atoms with Crippen LogP contribution in [0.15, 0.2) is 151 Å². The number of hydrogen-bond donors (Lipinski definition) is 6. The number of carboxylic acid groups (broad SMARTS) is 1. The van der Waals surface area contributed by atoms with Gasteiger partial charge in [-0.25, -0.2) is 9.79 Å². The van der Waals surface area contributed by atoms with E-state index in [0.29, 0.717) is 56.5 Å². The number of anilines is 4. The van der Waals surface area contributed by atoms with Gasteiger partial charge in [-0.1, -0.05) is 129 Å². The summed E-state index contributed by atoms with van der Waals surface area (Å²) in [5, 5.41) is 38.0. The molecule has 0 aliphatic carbocycles. The van der Waals surface area contributed by atoms with Gasteiger partial charge in [0.25, 0.3) is 11.4 Å². The summed E-state index contributed by atoms with van der Waals surface area (Å²) >= 11 is 29.1. The number of rotatable bonds is 8. The Morgan fingerprint density at radius 3 is 1.19 bits per heavy atom. The highest BCUT2D eigenvalue weighted by molar-refractivity contribution is 6.42. The number of alkyl halides is 6. The van der Waals surface area contributed by atoms with Crippen LogP contribution >= 0.6 is 58.0 Å². The summed E-state index contributed by atoms with van der Waals surface area (Å²) in [4.78, 5) is 32.3. The number of nitrogen functional groups attached to an aromatic ring is 4. The SMILES string of the molecule is Cc1ccc(O)cc1.Cc1ccc(Oc2cc(N)c(N)cc2Cl)cc1.Cc1ccc(Oc2cc(N)c([N+](=O)[O-])cc2Cl)cc1.Cc1ccc(Oc2cc3c(cc2Cl)N=C(C(F)(F)F)C3)cc1.Nc1cc(Cl)c(Cl)cc1[N+](=O)[O-].O=C(O)C(F)(F)F. The van der Waals surface area contributed by atoms with Crippen molar-refractivity contribution in [3.63, 3.8) is 0 Å². The van der Waals surface area contributed by atoms with Gasteiger partial charge in [-0.05, 0) is 106 Å². The van der Waals surface area contributed by atoms with Crippen LogP contribution in [-0.4, -0.2) is 44.1 Å². The Balaban J connectivity index is 0.000000228. The fourth-order valence-corrected chi connectivity index (χ4v) is 7.28. The van der Waals surface area contributed by atoms with Gasteiger partial charge in [-0.3, -0.25) is 20.2 Å². The summed E-state index contributed by atoms with van der Waals surface area (Å²) in [7, 11) is 0. The third kappa shape index (κ3) is 22.0. The van der Waals surface area contributed by atoms with Gasteiger partial charge in [0.2, 0.25) is 0 Å². The molecule has 9 rings (SSSR count). The van der Waals surface area contributed by atoms with Crippen LogP contribution in [0.4, 0.5) is 66.2 Å². The summed E-state index contributed by atoms with van der Waals surface area (Å²) in [5.74, 6) is 0.548. The molecule has 8 aromatic carbocycles. The lowest BCUT2D eigenvalue weighted by Crippen LogP contribution is -2.22. The maximum atomic E-state index is 12.7. The van der Waals surface area contributed by atoms with Crippen LogP contribution in [0.1, 0.15) is 27.8 Å². The van der Waals surface area contributed by atoms with Crippen molar-refractivity contribution >= 4 is 109 Å². The monoisotopic (exact) mass is 1280 g/mol. The van der Waals surface area contributed by atoms with Gasteiger partial charge in [-0.15, -0.1) is 0 Å². The molecule has 1 aliphatic rings. The lowest BCUT2D eigenvalue weighted by atomic mass is 10.1. The summed E-state index contributed by atoms with van der Waals surface area (Å²) < 4.78 is 86.7. The number of phenolic OH excluding ortho intramolecular Hbond substituents is 1. The minimum atomic E-state index is -5.08. The number of aliphatic imine (C=N–C) groups is 1.